The molecule has 0 spiro atoms. The van der Waals surface area contributed by atoms with Crippen LogP contribution in [0.25, 0.3) is 11.3 Å². The Bertz CT molecular complexity index is 1090. The summed E-state index contributed by atoms with van der Waals surface area (Å²) in [5.74, 6) is 1.00. The van der Waals surface area contributed by atoms with E-state index in [2.05, 4.69) is 20.6 Å². The zero-order valence-corrected chi connectivity index (χ0v) is 18.4. The summed E-state index contributed by atoms with van der Waals surface area (Å²) in [6.07, 6.45) is 5.70. The first-order valence-corrected chi connectivity index (χ1v) is 10.6. The van der Waals surface area contributed by atoms with Crippen molar-refractivity contribution < 1.29 is 23.0 Å². The lowest BCUT2D eigenvalue weighted by Crippen LogP contribution is -2.25. The van der Waals surface area contributed by atoms with E-state index in [1.54, 1.807) is 19.0 Å². The normalized spacial score (nSPS) is 14.4. The van der Waals surface area contributed by atoms with Crippen LogP contribution in [0.5, 0.6) is 5.75 Å². The average molecular weight is 443 g/mol. The monoisotopic (exact) mass is 443 g/mol. The number of hydrogen-bond acceptors (Lipinski definition) is 8. The number of methoxy groups -OCH3 is 1. The Morgan fingerprint density at radius 2 is 2.00 bits per heavy atom. The zero-order chi connectivity index (χ0) is 22.7. The third kappa shape index (κ3) is 4.44. The summed E-state index contributed by atoms with van der Waals surface area (Å²) < 4.78 is 29.7. The van der Waals surface area contributed by atoms with Crippen molar-refractivity contribution in [3.63, 3.8) is 0 Å². The second kappa shape index (κ2) is 9.37. The maximum absolute atomic E-state index is 13.8. The Labute approximate surface area is 184 Å². The maximum Gasteiger partial charge on any atom is 0.259 e. The number of anilines is 1. The van der Waals surface area contributed by atoms with Crippen molar-refractivity contribution in [2.24, 2.45) is 0 Å². The predicted octanol–water partition coefficient (Wildman–Crippen LogP) is 3.92. The Hall–Kier alpha value is -3.43. The molecule has 3 aromatic rings. The first kappa shape index (κ1) is 21.8. The van der Waals surface area contributed by atoms with E-state index in [0.29, 0.717) is 29.0 Å². The highest BCUT2D eigenvalue weighted by Crippen LogP contribution is 2.34. The molecule has 1 amide bonds. The van der Waals surface area contributed by atoms with Gasteiger partial charge in [-0.25, -0.2) is 4.39 Å². The first-order chi connectivity index (χ1) is 15.5. The number of carbonyl (C=O) groups is 1. The van der Waals surface area contributed by atoms with Crippen LogP contribution in [-0.4, -0.2) is 42.4 Å². The van der Waals surface area contributed by atoms with E-state index in [1.165, 1.54) is 44.6 Å². The van der Waals surface area contributed by atoms with E-state index in [-0.39, 0.29) is 23.6 Å². The molecule has 2 heterocycles. The van der Waals surface area contributed by atoms with Crippen molar-refractivity contribution in [2.75, 3.05) is 26.1 Å². The highest BCUT2D eigenvalue weighted by atomic mass is 19.1. The molecule has 10 heteroatoms. The minimum absolute atomic E-state index is 0.0396. The average Bonchev–Trinajstić information content (AvgIpc) is 3.46. The third-order valence-corrected chi connectivity index (χ3v) is 5.59. The van der Waals surface area contributed by atoms with Crippen LogP contribution < -0.4 is 15.0 Å². The Kier molecular flexibility index (Phi) is 6.38. The molecule has 1 aliphatic carbocycles. The molecule has 32 heavy (non-hydrogen) atoms. The summed E-state index contributed by atoms with van der Waals surface area (Å²) in [7, 11) is 4.86. The van der Waals surface area contributed by atoms with Gasteiger partial charge in [-0.1, -0.05) is 29.6 Å². The van der Waals surface area contributed by atoms with Gasteiger partial charge in [0.25, 0.3) is 5.91 Å². The summed E-state index contributed by atoms with van der Waals surface area (Å²) in [5.41, 5.74) is 0.682. The predicted molar refractivity (Wildman–Crippen MR) is 114 cm³/mol. The van der Waals surface area contributed by atoms with E-state index in [0.717, 1.165) is 12.8 Å². The van der Waals surface area contributed by atoms with Crippen molar-refractivity contribution in [3.8, 4) is 17.1 Å². The van der Waals surface area contributed by atoms with Gasteiger partial charge in [0, 0.05) is 25.6 Å². The van der Waals surface area contributed by atoms with Gasteiger partial charge in [0.1, 0.15) is 5.56 Å². The lowest BCUT2D eigenvalue weighted by molar-refractivity contribution is 0.0947. The third-order valence-electron chi connectivity index (χ3n) is 5.59. The molecule has 9 nitrogen and oxygen atoms in total. The molecular formula is C22H26FN5O4. The standard InChI is InChI=1S/C22H26FN5O4/c1-28(2)21-18(19(32-27-21)14-9-10-15(23)16(11-14)30-3)22(29)24-12-17-25-20(26-31-17)13-7-5-4-6-8-13/h9-11,13H,4-8,12H2,1-3H3,(H,24,29). The molecule has 2 aromatic heterocycles. The summed E-state index contributed by atoms with van der Waals surface area (Å²) in [6.45, 7) is 0.0722. The molecule has 1 fully saturated rings. The molecule has 0 atom stereocenters. The molecule has 0 saturated heterocycles. The lowest BCUT2D eigenvalue weighted by Gasteiger charge is -2.17. The smallest absolute Gasteiger partial charge is 0.259 e. The fourth-order valence-corrected chi connectivity index (χ4v) is 3.90. The van der Waals surface area contributed by atoms with Crippen LogP contribution in [0.15, 0.2) is 27.2 Å². The van der Waals surface area contributed by atoms with Crippen molar-refractivity contribution in [1.82, 2.24) is 20.6 Å². The number of aromatic nitrogens is 3. The molecule has 0 aliphatic heterocycles. The van der Waals surface area contributed by atoms with E-state index in [9.17, 15) is 9.18 Å². The van der Waals surface area contributed by atoms with Crippen LogP contribution in [0.1, 0.15) is 60.1 Å². The number of halogens is 1. The van der Waals surface area contributed by atoms with Gasteiger partial charge in [-0.2, -0.15) is 4.98 Å². The number of benzene rings is 1. The molecule has 1 aliphatic rings. The minimum atomic E-state index is -0.514. The summed E-state index contributed by atoms with van der Waals surface area (Å²) in [6, 6.07) is 4.21. The number of ether oxygens (including phenoxy) is 1. The number of rotatable bonds is 7. The van der Waals surface area contributed by atoms with Crippen molar-refractivity contribution in [1.29, 1.82) is 0 Å². The summed E-state index contributed by atoms with van der Waals surface area (Å²) in [4.78, 5) is 19.2. The van der Waals surface area contributed by atoms with Crippen molar-refractivity contribution in [3.05, 3.63) is 41.3 Å². The van der Waals surface area contributed by atoms with Gasteiger partial charge in [-0.3, -0.25) is 4.79 Å². The maximum atomic E-state index is 13.8. The SMILES string of the molecule is COc1cc(-c2onc(N(C)C)c2C(=O)NCc2nc(C3CCCCC3)no2)ccc1F. The Balaban J connectivity index is 1.54. The molecule has 0 radical (unpaired) electrons. The first-order valence-electron chi connectivity index (χ1n) is 10.6. The number of nitrogens with one attached hydrogen (secondary N) is 1. The summed E-state index contributed by atoms with van der Waals surface area (Å²) >= 11 is 0. The highest BCUT2D eigenvalue weighted by Gasteiger charge is 2.27. The fraction of sp³-hybridized carbons (Fsp3) is 0.455. The van der Waals surface area contributed by atoms with Crippen LogP contribution in [0.3, 0.4) is 0 Å². The number of hydrogen-bond donors (Lipinski definition) is 1. The van der Waals surface area contributed by atoms with Crippen LogP contribution >= 0.6 is 0 Å². The Morgan fingerprint density at radius 3 is 2.72 bits per heavy atom. The van der Waals surface area contributed by atoms with E-state index in [4.69, 9.17) is 13.8 Å². The largest absolute Gasteiger partial charge is 0.494 e. The molecule has 0 unspecified atom stereocenters. The molecule has 1 aromatic carbocycles. The van der Waals surface area contributed by atoms with Crippen molar-refractivity contribution >= 4 is 11.7 Å². The van der Waals surface area contributed by atoms with Gasteiger partial charge in [-0.15, -0.1) is 0 Å². The second-order valence-electron chi connectivity index (χ2n) is 8.02. The van der Waals surface area contributed by atoms with Gasteiger partial charge in [0.15, 0.2) is 29.0 Å². The minimum Gasteiger partial charge on any atom is -0.494 e. The van der Waals surface area contributed by atoms with Crippen LogP contribution in [0.2, 0.25) is 0 Å². The van der Waals surface area contributed by atoms with Gasteiger partial charge in [-0.05, 0) is 31.0 Å². The molecular weight excluding hydrogens is 417 g/mol. The molecule has 0 bridgehead atoms. The van der Waals surface area contributed by atoms with Crippen LogP contribution in [-0.2, 0) is 6.54 Å². The highest BCUT2D eigenvalue weighted by molar-refractivity contribution is 6.04. The second-order valence-corrected chi connectivity index (χ2v) is 8.02. The zero-order valence-electron chi connectivity index (χ0n) is 18.4. The molecule has 4 rings (SSSR count). The number of carbonyl (C=O) groups excluding carboxylic acids is 1. The van der Waals surface area contributed by atoms with Crippen molar-refractivity contribution in [2.45, 2.75) is 44.6 Å². The molecule has 1 saturated carbocycles. The van der Waals surface area contributed by atoms with Gasteiger partial charge < -0.3 is 24.0 Å². The van der Waals surface area contributed by atoms with Crippen LogP contribution in [0.4, 0.5) is 10.2 Å². The number of nitrogens with zero attached hydrogens (tertiary/aromatic N) is 4. The lowest BCUT2D eigenvalue weighted by atomic mass is 9.89. The fourth-order valence-electron chi connectivity index (χ4n) is 3.90. The van der Waals surface area contributed by atoms with E-state index in [1.807, 2.05) is 0 Å². The van der Waals surface area contributed by atoms with Gasteiger partial charge in [0.2, 0.25) is 5.89 Å². The van der Waals surface area contributed by atoms with Gasteiger partial charge >= 0.3 is 0 Å². The quantitative estimate of drug-likeness (QED) is 0.586. The number of amides is 1. The van der Waals surface area contributed by atoms with E-state index >= 15 is 0 Å². The van der Waals surface area contributed by atoms with E-state index < -0.39 is 11.7 Å². The molecule has 170 valence electrons. The summed E-state index contributed by atoms with van der Waals surface area (Å²) in [5, 5.41) is 10.9. The Morgan fingerprint density at radius 1 is 1.22 bits per heavy atom. The molecule has 1 N–H and O–H groups in total. The van der Waals surface area contributed by atoms with Gasteiger partial charge in [0.05, 0.1) is 13.7 Å². The topological polar surface area (TPSA) is 107 Å². The van der Waals surface area contributed by atoms with Crippen LogP contribution in [0, 0.1) is 5.82 Å².